The molecule has 0 bridgehead atoms. The first-order chi connectivity index (χ1) is 13.5. The van der Waals surface area contributed by atoms with E-state index in [1.54, 1.807) is 29.6 Å². The van der Waals surface area contributed by atoms with Crippen molar-refractivity contribution in [2.24, 2.45) is 5.73 Å². The van der Waals surface area contributed by atoms with E-state index in [-0.39, 0.29) is 31.1 Å². The molecule has 0 fully saturated rings. The molecule has 2 amide bonds. The van der Waals surface area contributed by atoms with Crippen LogP contribution in [-0.4, -0.2) is 28.9 Å². The molecule has 0 radical (unpaired) electrons. The third kappa shape index (κ3) is 5.01. The van der Waals surface area contributed by atoms with Crippen molar-refractivity contribution in [3.63, 3.8) is 0 Å². The number of carbonyl (C=O) groups is 2. The summed E-state index contributed by atoms with van der Waals surface area (Å²) in [6.45, 7) is 0.468. The minimum Gasteiger partial charge on any atom is -0.333 e. The van der Waals surface area contributed by atoms with E-state index in [0.29, 0.717) is 21.2 Å². The van der Waals surface area contributed by atoms with Crippen LogP contribution in [0.3, 0.4) is 0 Å². The first-order valence-electron chi connectivity index (χ1n) is 8.53. The number of nitrogens with zero attached hydrogens (tertiary/aromatic N) is 1. The van der Waals surface area contributed by atoms with Crippen LogP contribution in [0.2, 0.25) is 10.0 Å². The van der Waals surface area contributed by atoms with Gasteiger partial charge in [-0.2, -0.15) is 13.2 Å². The van der Waals surface area contributed by atoms with E-state index >= 15 is 0 Å². The molecule has 3 N–H and O–H groups in total. The first-order valence-corrected chi connectivity index (χ1v) is 9.28. The lowest BCUT2D eigenvalue weighted by Gasteiger charge is -2.20. The number of hydrogen-bond acceptors (Lipinski definition) is 3. The average Bonchev–Trinajstić information content (AvgIpc) is 3.05. The number of amides is 2. The van der Waals surface area contributed by atoms with E-state index < -0.39 is 18.1 Å². The van der Waals surface area contributed by atoms with Gasteiger partial charge in [0.15, 0.2) is 0 Å². The summed E-state index contributed by atoms with van der Waals surface area (Å²) in [5, 5.41) is 2.69. The number of hydrogen-bond donors (Lipinski definition) is 2. The number of nitrogens with one attached hydrogen (secondary N) is 1. The highest BCUT2D eigenvalue weighted by molar-refractivity contribution is 6.35. The summed E-state index contributed by atoms with van der Waals surface area (Å²) in [5.74, 6) is -2.36. The molecule has 1 aliphatic heterocycles. The molecule has 0 unspecified atom stereocenters. The molecule has 5 nitrogen and oxygen atoms in total. The number of carbonyl (C=O) groups excluding carboxylic acids is 2. The average molecular weight is 446 g/mol. The molecule has 1 aliphatic rings. The van der Waals surface area contributed by atoms with Gasteiger partial charge in [0.25, 0.3) is 0 Å². The molecule has 2 aromatic carbocycles. The predicted octanol–water partition coefficient (Wildman–Crippen LogP) is 3.91. The van der Waals surface area contributed by atoms with Gasteiger partial charge in [-0.25, -0.2) is 0 Å². The van der Waals surface area contributed by atoms with E-state index in [1.165, 1.54) is 17.0 Å². The Labute approximate surface area is 174 Å². The highest BCUT2D eigenvalue weighted by Crippen LogP contribution is 2.28. The minimum atomic E-state index is -4.98. The van der Waals surface area contributed by atoms with Crippen molar-refractivity contribution in [3.8, 4) is 0 Å². The van der Waals surface area contributed by atoms with E-state index in [2.05, 4.69) is 0 Å². The highest BCUT2D eigenvalue weighted by Gasteiger charge is 2.39. The molecule has 0 saturated carbocycles. The monoisotopic (exact) mass is 445 g/mol. The van der Waals surface area contributed by atoms with Crippen molar-refractivity contribution in [3.05, 3.63) is 63.1 Å². The number of rotatable bonds is 4. The zero-order valence-corrected chi connectivity index (χ0v) is 16.4. The van der Waals surface area contributed by atoms with Crippen molar-refractivity contribution in [2.75, 3.05) is 5.32 Å². The molecule has 3 rings (SSSR count). The molecule has 0 aliphatic carbocycles. The Morgan fingerprint density at radius 1 is 1.10 bits per heavy atom. The number of benzene rings is 2. The minimum absolute atomic E-state index is 0.0117. The smallest absolute Gasteiger partial charge is 0.333 e. The molecule has 10 heteroatoms. The van der Waals surface area contributed by atoms with Crippen molar-refractivity contribution < 1.29 is 22.8 Å². The SMILES string of the molecule is N[C@H](Cc1ccc(Cl)cc1Cl)C(=O)N1Cc2ccc(NC(=O)C(F)(F)F)cc2C1. The van der Waals surface area contributed by atoms with Crippen LogP contribution in [0.15, 0.2) is 36.4 Å². The number of fused-ring (bicyclic) bond motifs is 1. The summed E-state index contributed by atoms with van der Waals surface area (Å²) in [6, 6.07) is 8.45. The molecule has 29 heavy (non-hydrogen) atoms. The molecule has 154 valence electrons. The third-order valence-electron chi connectivity index (χ3n) is 4.53. The maximum Gasteiger partial charge on any atom is 0.471 e. The normalized spacial score (nSPS) is 14.5. The second-order valence-electron chi connectivity index (χ2n) is 6.68. The maximum atomic E-state index is 12.7. The molecular weight excluding hydrogens is 430 g/mol. The van der Waals surface area contributed by atoms with E-state index in [1.807, 2.05) is 0 Å². The van der Waals surface area contributed by atoms with Gasteiger partial charge in [0.1, 0.15) is 0 Å². The van der Waals surface area contributed by atoms with Gasteiger partial charge >= 0.3 is 12.1 Å². The Balaban J connectivity index is 1.66. The summed E-state index contributed by atoms with van der Waals surface area (Å²) in [4.78, 5) is 25.3. The van der Waals surface area contributed by atoms with Crippen LogP contribution in [0.1, 0.15) is 16.7 Å². The van der Waals surface area contributed by atoms with Gasteiger partial charge in [-0.1, -0.05) is 35.3 Å². The number of alkyl halides is 3. The summed E-state index contributed by atoms with van der Waals surface area (Å²) < 4.78 is 37.2. The molecule has 0 spiro atoms. The quantitative estimate of drug-likeness (QED) is 0.748. The molecule has 2 aromatic rings. The van der Waals surface area contributed by atoms with Crippen LogP contribution in [0.4, 0.5) is 18.9 Å². The number of nitrogens with two attached hydrogens (primary N) is 1. The van der Waals surface area contributed by atoms with Crippen LogP contribution < -0.4 is 11.1 Å². The van der Waals surface area contributed by atoms with Gasteiger partial charge in [0.05, 0.1) is 6.04 Å². The Morgan fingerprint density at radius 2 is 1.79 bits per heavy atom. The van der Waals surface area contributed by atoms with E-state index in [9.17, 15) is 22.8 Å². The first kappa shape index (κ1) is 21.4. The largest absolute Gasteiger partial charge is 0.471 e. The Hall–Kier alpha value is -2.29. The summed E-state index contributed by atoms with van der Waals surface area (Å²) in [7, 11) is 0. The summed E-state index contributed by atoms with van der Waals surface area (Å²) in [6.07, 6.45) is -4.76. The lowest BCUT2D eigenvalue weighted by atomic mass is 10.1. The fourth-order valence-corrected chi connectivity index (χ4v) is 3.56. The van der Waals surface area contributed by atoms with Gasteiger partial charge in [-0.15, -0.1) is 0 Å². The number of halogens is 5. The topological polar surface area (TPSA) is 75.4 Å². The van der Waals surface area contributed by atoms with E-state index in [4.69, 9.17) is 28.9 Å². The highest BCUT2D eigenvalue weighted by atomic mass is 35.5. The van der Waals surface area contributed by atoms with Crippen LogP contribution in [-0.2, 0) is 29.1 Å². The van der Waals surface area contributed by atoms with Crippen LogP contribution >= 0.6 is 23.2 Å². The van der Waals surface area contributed by atoms with Crippen LogP contribution in [0, 0.1) is 0 Å². The van der Waals surface area contributed by atoms with Crippen molar-refractivity contribution in [2.45, 2.75) is 31.7 Å². The summed E-state index contributed by atoms with van der Waals surface area (Å²) >= 11 is 12.0. The van der Waals surface area contributed by atoms with Gasteiger partial charge < -0.3 is 16.0 Å². The van der Waals surface area contributed by atoms with Gasteiger partial charge in [0.2, 0.25) is 5.91 Å². The molecule has 0 saturated heterocycles. The maximum absolute atomic E-state index is 12.7. The lowest BCUT2D eigenvalue weighted by molar-refractivity contribution is -0.167. The second kappa shape index (κ2) is 8.22. The van der Waals surface area contributed by atoms with Crippen molar-refractivity contribution in [1.82, 2.24) is 4.90 Å². The number of anilines is 1. The predicted molar refractivity (Wildman–Crippen MR) is 104 cm³/mol. The molecule has 1 heterocycles. The van der Waals surface area contributed by atoms with Gasteiger partial charge in [-0.05, 0) is 47.4 Å². The molecule has 1 atom stereocenters. The Kier molecular flexibility index (Phi) is 6.07. The fourth-order valence-electron chi connectivity index (χ4n) is 3.08. The fraction of sp³-hybridized carbons (Fsp3) is 0.263. The standard InChI is InChI=1S/C19H16Cl2F3N3O2/c20-13-3-1-10(15(21)7-13)6-16(25)17(28)27-8-11-2-4-14(5-12(11)9-27)26-18(29)19(22,23)24/h1-5,7,16H,6,8-9,25H2,(H,26,29)/t16-/m1/s1. The summed E-state index contributed by atoms with van der Waals surface area (Å²) in [5.41, 5.74) is 8.17. The zero-order chi connectivity index (χ0) is 21.3. The van der Waals surface area contributed by atoms with Crippen molar-refractivity contribution in [1.29, 1.82) is 0 Å². The van der Waals surface area contributed by atoms with Gasteiger partial charge in [-0.3, -0.25) is 9.59 Å². The van der Waals surface area contributed by atoms with E-state index in [0.717, 1.165) is 5.56 Å². The molecule has 0 aromatic heterocycles. The Morgan fingerprint density at radius 3 is 2.45 bits per heavy atom. The Bertz CT molecular complexity index is 966. The second-order valence-corrected chi connectivity index (χ2v) is 7.52. The van der Waals surface area contributed by atoms with Crippen LogP contribution in [0.25, 0.3) is 0 Å². The van der Waals surface area contributed by atoms with Crippen LogP contribution in [0.5, 0.6) is 0 Å². The third-order valence-corrected chi connectivity index (χ3v) is 5.11. The lowest BCUT2D eigenvalue weighted by Crippen LogP contribution is -2.42. The zero-order valence-electron chi connectivity index (χ0n) is 14.9. The van der Waals surface area contributed by atoms with Gasteiger partial charge in [0, 0.05) is 28.8 Å². The van der Waals surface area contributed by atoms with Crippen molar-refractivity contribution >= 4 is 40.7 Å². The molecular formula is C19H16Cl2F3N3O2.